The molecule has 2 saturated heterocycles. The zero-order valence-electron chi connectivity index (χ0n) is 14.3. The van der Waals surface area contributed by atoms with Gasteiger partial charge in [0.25, 0.3) is 0 Å². The first-order chi connectivity index (χ1) is 11.3. The third kappa shape index (κ3) is 5.47. The standard InChI is InChI=1S/C19H28N2O2.ClH/c22-19(7-6-17-8-11-20-14-17)21(18-10-13-23-15-18)12-9-16-4-2-1-3-5-16;/h1-5,17-18,20H,6-15H2;1H. The fourth-order valence-corrected chi connectivity index (χ4v) is 3.61. The zero-order chi connectivity index (χ0) is 15.9. The number of carbonyl (C=O) groups is 1. The Hall–Kier alpha value is -1.10. The van der Waals surface area contributed by atoms with Gasteiger partial charge >= 0.3 is 0 Å². The molecule has 2 atom stereocenters. The highest BCUT2D eigenvalue weighted by Gasteiger charge is 2.27. The van der Waals surface area contributed by atoms with Crippen molar-refractivity contribution in [1.29, 1.82) is 0 Å². The summed E-state index contributed by atoms with van der Waals surface area (Å²) >= 11 is 0. The summed E-state index contributed by atoms with van der Waals surface area (Å²) < 4.78 is 5.51. The maximum Gasteiger partial charge on any atom is 0.222 e. The number of nitrogens with zero attached hydrogens (tertiary/aromatic N) is 1. The Morgan fingerprint density at radius 3 is 2.75 bits per heavy atom. The van der Waals surface area contributed by atoms with Gasteiger partial charge in [0, 0.05) is 19.6 Å². The molecule has 2 heterocycles. The molecule has 3 rings (SSSR count). The molecular weight excluding hydrogens is 324 g/mol. The summed E-state index contributed by atoms with van der Waals surface area (Å²) in [4.78, 5) is 14.8. The molecule has 2 aliphatic rings. The summed E-state index contributed by atoms with van der Waals surface area (Å²) in [6, 6.07) is 10.7. The van der Waals surface area contributed by atoms with Gasteiger partial charge in [-0.3, -0.25) is 4.79 Å². The van der Waals surface area contributed by atoms with E-state index < -0.39 is 0 Å². The molecular formula is C19H29ClN2O2. The second kappa shape index (κ2) is 10.0. The molecule has 2 fully saturated rings. The Kier molecular flexibility index (Phi) is 8.03. The Morgan fingerprint density at radius 1 is 1.25 bits per heavy atom. The Morgan fingerprint density at radius 2 is 2.08 bits per heavy atom. The van der Waals surface area contributed by atoms with E-state index in [2.05, 4.69) is 34.5 Å². The van der Waals surface area contributed by atoms with Crippen LogP contribution in [0.25, 0.3) is 0 Å². The quantitative estimate of drug-likeness (QED) is 0.820. The van der Waals surface area contributed by atoms with Crippen LogP contribution in [0.3, 0.4) is 0 Å². The second-order valence-electron chi connectivity index (χ2n) is 6.74. The Bertz CT molecular complexity index is 485. The lowest BCUT2D eigenvalue weighted by molar-refractivity contribution is -0.133. The second-order valence-corrected chi connectivity index (χ2v) is 6.74. The largest absolute Gasteiger partial charge is 0.379 e. The fraction of sp³-hybridized carbons (Fsp3) is 0.632. The molecule has 134 valence electrons. The van der Waals surface area contributed by atoms with Gasteiger partial charge in [0.1, 0.15) is 0 Å². The van der Waals surface area contributed by atoms with Crippen LogP contribution in [0.15, 0.2) is 30.3 Å². The summed E-state index contributed by atoms with van der Waals surface area (Å²) in [5, 5.41) is 3.38. The minimum Gasteiger partial charge on any atom is -0.379 e. The van der Waals surface area contributed by atoms with Crippen LogP contribution in [0.4, 0.5) is 0 Å². The van der Waals surface area contributed by atoms with E-state index in [0.29, 0.717) is 24.9 Å². The van der Waals surface area contributed by atoms with E-state index in [1.54, 1.807) is 0 Å². The highest BCUT2D eigenvalue weighted by molar-refractivity contribution is 5.85. The first-order valence-electron chi connectivity index (χ1n) is 8.95. The maximum absolute atomic E-state index is 12.8. The summed E-state index contributed by atoms with van der Waals surface area (Å²) in [5.74, 6) is 0.984. The zero-order valence-corrected chi connectivity index (χ0v) is 15.1. The molecule has 0 aromatic heterocycles. The lowest BCUT2D eigenvalue weighted by Crippen LogP contribution is -2.42. The average Bonchev–Trinajstić information content (AvgIpc) is 3.28. The molecule has 4 nitrogen and oxygen atoms in total. The molecule has 2 unspecified atom stereocenters. The highest BCUT2D eigenvalue weighted by atomic mass is 35.5. The summed E-state index contributed by atoms with van der Waals surface area (Å²) in [7, 11) is 0. The van der Waals surface area contributed by atoms with Gasteiger partial charge < -0.3 is 15.0 Å². The van der Waals surface area contributed by atoms with Crippen molar-refractivity contribution >= 4 is 18.3 Å². The van der Waals surface area contributed by atoms with Crippen molar-refractivity contribution in [1.82, 2.24) is 10.2 Å². The maximum atomic E-state index is 12.8. The molecule has 2 aliphatic heterocycles. The molecule has 1 N–H and O–H groups in total. The van der Waals surface area contributed by atoms with E-state index in [9.17, 15) is 4.79 Å². The number of nitrogens with one attached hydrogen (secondary N) is 1. The van der Waals surface area contributed by atoms with Crippen LogP contribution >= 0.6 is 12.4 Å². The number of hydrogen-bond donors (Lipinski definition) is 1. The average molecular weight is 353 g/mol. The minimum atomic E-state index is 0. The third-order valence-corrected chi connectivity index (χ3v) is 5.08. The van der Waals surface area contributed by atoms with Crippen molar-refractivity contribution in [2.45, 2.75) is 38.1 Å². The topological polar surface area (TPSA) is 41.6 Å². The third-order valence-electron chi connectivity index (χ3n) is 5.08. The van der Waals surface area contributed by atoms with Gasteiger partial charge in [0.05, 0.1) is 12.6 Å². The van der Waals surface area contributed by atoms with Crippen LogP contribution < -0.4 is 5.32 Å². The minimum absolute atomic E-state index is 0. The van der Waals surface area contributed by atoms with Gasteiger partial charge in [0.2, 0.25) is 5.91 Å². The van der Waals surface area contributed by atoms with Crippen LogP contribution in [-0.2, 0) is 16.0 Å². The molecule has 0 spiro atoms. The monoisotopic (exact) mass is 352 g/mol. The van der Waals surface area contributed by atoms with E-state index in [4.69, 9.17) is 4.74 Å². The SMILES string of the molecule is Cl.O=C(CCC1CCNC1)N(CCc1ccccc1)C1CCOC1. The Labute approximate surface area is 151 Å². The predicted octanol–water partition coefficient (Wildman–Crippen LogP) is 2.66. The molecule has 0 saturated carbocycles. The van der Waals surface area contributed by atoms with E-state index in [-0.39, 0.29) is 18.4 Å². The van der Waals surface area contributed by atoms with Gasteiger partial charge in [0.15, 0.2) is 0 Å². The van der Waals surface area contributed by atoms with Crippen molar-refractivity contribution in [3.05, 3.63) is 35.9 Å². The summed E-state index contributed by atoms with van der Waals surface area (Å²) in [6.07, 6.45) is 4.81. The van der Waals surface area contributed by atoms with E-state index in [1.807, 2.05) is 6.07 Å². The number of carbonyl (C=O) groups excluding carboxylic acids is 1. The van der Waals surface area contributed by atoms with Crippen LogP contribution in [0.5, 0.6) is 0 Å². The van der Waals surface area contributed by atoms with Crippen molar-refractivity contribution in [3.8, 4) is 0 Å². The number of halogens is 1. The predicted molar refractivity (Wildman–Crippen MR) is 98.5 cm³/mol. The number of amides is 1. The van der Waals surface area contributed by atoms with Gasteiger partial charge in [-0.25, -0.2) is 0 Å². The molecule has 24 heavy (non-hydrogen) atoms. The molecule has 1 aromatic carbocycles. The smallest absolute Gasteiger partial charge is 0.222 e. The molecule has 0 bridgehead atoms. The van der Waals surface area contributed by atoms with Gasteiger partial charge in [-0.2, -0.15) is 0 Å². The Balaban J connectivity index is 0.00000208. The van der Waals surface area contributed by atoms with Crippen LogP contribution in [-0.4, -0.2) is 49.7 Å². The number of benzene rings is 1. The van der Waals surface area contributed by atoms with Crippen LogP contribution in [0.2, 0.25) is 0 Å². The lowest BCUT2D eigenvalue weighted by atomic mass is 10.0. The number of ether oxygens (including phenoxy) is 1. The van der Waals surface area contributed by atoms with E-state index in [0.717, 1.165) is 45.5 Å². The van der Waals surface area contributed by atoms with E-state index in [1.165, 1.54) is 12.0 Å². The first-order valence-corrected chi connectivity index (χ1v) is 8.95. The number of hydrogen-bond acceptors (Lipinski definition) is 3. The van der Waals surface area contributed by atoms with Gasteiger partial charge in [-0.05, 0) is 50.3 Å². The van der Waals surface area contributed by atoms with Gasteiger partial charge in [-0.1, -0.05) is 30.3 Å². The van der Waals surface area contributed by atoms with Gasteiger partial charge in [-0.15, -0.1) is 12.4 Å². The van der Waals surface area contributed by atoms with Crippen LogP contribution in [0.1, 0.15) is 31.2 Å². The molecule has 1 amide bonds. The normalized spacial score (nSPS) is 23.0. The molecule has 0 aliphatic carbocycles. The molecule has 5 heteroatoms. The van der Waals surface area contributed by atoms with Crippen molar-refractivity contribution in [3.63, 3.8) is 0 Å². The molecule has 0 radical (unpaired) electrons. The van der Waals surface area contributed by atoms with Crippen molar-refractivity contribution in [2.24, 2.45) is 5.92 Å². The summed E-state index contributed by atoms with van der Waals surface area (Å²) in [6.45, 7) is 4.47. The molecule has 1 aromatic rings. The van der Waals surface area contributed by atoms with Crippen molar-refractivity contribution < 1.29 is 9.53 Å². The van der Waals surface area contributed by atoms with Crippen LogP contribution in [0, 0.1) is 5.92 Å². The fourth-order valence-electron chi connectivity index (χ4n) is 3.61. The van der Waals surface area contributed by atoms with Crippen molar-refractivity contribution in [2.75, 3.05) is 32.8 Å². The first kappa shape index (κ1) is 19.2. The van der Waals surface area contributed by atoms with E-state index >= 15 is 0 Å². The summed E-state index contributed by atoms with van der Waals surface area (Å²) in [5.41, 5.74) is 1.30. The lowest BCUT2D eigenvalue weighted by Gasteiger charge is -2.28. The number of rotatable bonds is 7. The highest BCUT2D eigenvalue weighted by Crippen LogP contribution is 2.19.